The van der Waals surface area contributed by atoms with Crippen molar-refractivity contribution in [3.63, 3.8) is 0 Å². The highest BCUT2D eigenvalue weighted by Crippen LogP contribution is 2.21. The predicted molar refractivity (Wildman–Crippen MR) is 84.2 cm³/mol. The van der Waals surface area contributed by atoms with Crippen molar-refractivity contribution in [3.8, 4) is 5.75 Å². The van der Waals surface area contributed by atoms with Gasteiger partial charge in [0.05, 0.1) is 5.56 Å². The van der Waals surface area contributed by atoms with Gasteiger partial charge in [-0.2, -0.15) is 0 Å². The summed E-state index contributed by atoms with van der Waals surface area (Å²) in [6.07, 6.45) is 0.844. The third-order valence-corrected chi connectivity index (χ3v) is 3.60. The molecule has 0 radical (unpaired) electrons. The maximum absolute atomic E-state index is 12.2. The third-order valence-electron chi connectivity index (χ3n) is 3.37. The number of benzene rings is 1. The average Bonchev–Trinajstić information content (AvgIpc) is 2.86. The first-order chi connectivity index (χ1) is 10.5. The van der Waals surface area contributed by atoms with E-state index in [0.29, 0.717) is 22.1 Å². The van der Waals surface area contributed by atoms with Crippen molar-refractivity contribution in [1.82, 2.24) is 10.5 Å². The molecule has 1 atom stereocenters. The molecule has 6 heteroatoms. The van der Waals surface area contributed by atoms with E-state index in [-0.39, 0.29) is 24.2 Å². The minimum absolute atomic E-state index is 0.0752. The zero-order valence-electron chi connectivity index (χ0n) is 12.9. The van der Waals surface area contributed by atoms with E-state index in [2.05, 4.69) is 10.5 Å². The van der Waals surface area contributed by atoms with E-state index in [1.165, 1.54) is 0 Å². The van der Waals surface area contributed by atoms with Crippen molar-refractivity contribution in [3.05, 3.63) is 46.3 Å². The summed E-state index contributed by atoms with van der Waals surface area (Å²) in [7, 11) is 0. The van der Waals surface area contributed by atoms with E-state index in [1.54, 1.807) is 31.2 Å². The zero-order chi connectivity index (χ0) is 16.1. The van der Waals surface area contributed by atoms with Crippen LogP contribution in [0.5, 0.6) is 5.75 Å². The molecule has 1 N–H and O–H groups in total. The number of halogens is 1. The fraction of sp³-hybridized carbons (Fsp3) is 0.375. The van der Waals surface area contributed by atoms with E-state index < -0.39 is 0 Å². The van der Waals surface area contributed by atoms with Gasteiger partial charge in [0.2, 0.25) is 0 Å². The van der Waals surface area contributed by atoms with Crippen molar-refractivity contribution in [2.75, 3.05) is 0 Å². The number of amides is 1. The molecule has 0 aliphatic carbocycles. The molecule has 2 aromatic rings. The summed E-state index contributed by atoms with van der Waals surface area (Å²) >= 11 is 5.92. The quantitative estimate of drug-likeness (QED) is 0.879. The van der Waals surface area contributed by atoms with Crippen LogP contribution in [0.4, 0.5) is 0 Å². The van der Waals surface area contributed by atoms with Crippen molar-refractivity contribution < 1.29 is 14.1 Å². The number of nitrogens with one attached hydrogen (secondary N) is 1. The highest BCUT2D eigenvalue weighted by atomic mass is 35.5. The Hall–Kier alpha value is -2.01. The summed E-state index contributed by atoms with van der Waals surface area (Å²) in [5.41, 5.74) is 0.903. The Bertz CT molecular complexity index is 655. The highest BCUT2D eigenvalue weighted by Gasteiger charge is 2.21. The Morgan fingerprint density at radius 1 is 1.50 bits per heavy atom. The average molecular weight is 323 g/mol. The molecule has 118 valence electrons. The molecule has 22 heavy (non-hydrogen) atoms. The van der Waals surface area contributed by atoms with Gasteiger partial charge >= 0.3 is 0 Å². The minimum atomic E-state index is -0.254. The van der Waals surface area contributed by atoms with Crippen molar-refractivity contribution >= 4 is 17.5 Å². The summed E-state index contributed by atoms with van der Waals surface area (Å²) in [4.78, 5) is 12.2. The van der Waals surface area contributed by atoms with Gasteiger partial charge in [0.25, 0.3) is 5.91 Å². The number of rotatable bonds is 6. The fourth-order valence-electron chi connectivity index (χ4n) is 1.85. The Balaban J connectivity index is 2.11. The number of ether oxygens (including phenoxy) is 1. The molecule has 0 spiro atoms. The van der Waals surface area contributed by atoms with Crippen LogP contribution < -0.4 is 10.1 Å². The summed E-state index contributed by atoms with van der Waals surface area (Å²) in [6, 6.07) is 7.15. The molecule has 0 bridgehead atoms. The molecule has 0 aliphatic heterocycles. The third kappa shape index (κ3) is 4.01. The second-order valence-corrected chi connectivity index (χ2v) is 5.53. The lowest BCUT2D eigenvalue weighted by Gasteiger charge is -2.11. The Kier molecular flexibility index (Phi) is 5.44. The van der Waals surface area contributed by atoms with E-state index in [4.69, 9.17) is 20.9 Å². The van der Waals surface area contributed by atoms with Gasteiger partial charge < -0.3 is 14.6 Å². The maximum atomic E-state index is 12.2. The van der Waals surface area contributed by atoms with Gasteiger partial charge in [-0.05, 0) is 38.5 Å². The number of hydrogen-bond acceptors (Lipinski definition) is 4. The normalized spacial score (nSPS) is 12.0. The number of nitrogens with zero attached hydrogens (tertiary/aromatic N) is 1. The molecule has 5 nitrogen and oxygen atoms in total. The molecule has 1 heterocycles. The Labute approximate surface area is 134 Å². The van der Waals surface area contributed by atoms with Crippen molar-refractivity contribution in [2.24, 2.45) is 0 Å². The first kappa shape index (κ1) is 16.4. The summed E-state index contributed by atoms with van der Waals surface area (Å²) < 4.78 is 10.8. The zero-order valence-corrected chi connectivity index (χ0v) is 13.6. The number of carbonyl (C=O) groups is 1. The monoisotopic (exact) mass is 322 g/mol. The maximum Gasteiger partial charge on any atom is 0.274 e. The highest BCUT2D eigenvalue weighted by molar-refractivity contribution is 6.30. The molecule has 2 rings (SSSR count). The van der Waals surface area contributed by atoms with Gasteiger partial charge in [-0.25, -0.2) is 0 Å². The van der Waals surface area contributed by atoms with Crippen molar-refractivity contribution in [1.29, 1.82) is 0 Å². The van der Waals surface area contributed by atoms with Gasteiger partial charge in [-0.1, -0.05) is 29.7 Å². The topological polar surface area (TPSA) is 64.4 Å². The van der Waals surface area contributed by atoms with Crippen LogP contribution >= 0.6 is 11.6 Å². The van der Waals surface area contributed by atoms with Gasteiger partial charge in [0, 0.05) is 11.1 Å². The Morgan fingerprint density at radius 2 is 2.27 bits per heavy atom. The summed E-state index contributed by atoms with van der Waals surface area (Å²) in [5, 5.41) is 7.30. The van der Waals surface area contributed by atoms with Crippen LogP contribution in [-0.4, -0.2) is 17.1 Å². The van der Waals surface area contributed by atoms with Gasteiger partial charge in [0.15, 0.2) is 5.69 Å². The number of aryl methyl sites for hydroxylation is 1. The number of carbonyl (C=O) groups excluding carboxylic acids is 1. The molecule has 1 aromatic carbocycles. The van der Waals surface area contributed by atoms with Gasteiger partial charge in [0.1, 0.15) is 18.1 Å². The van der Waals surface area contributed by atoms with Crippen LogP contribution in [0.25, 0.3) is 0 Å². The van der Waals surface area contributed by atoms with E-state index in [9.17, 15) is 4.79 Å². The van der Waals surface area contributed by atoms with Crippen molar-refractivity contribution in [2.45, 2.75) is 39.8 Å². The second kappa shape index (κ2) is 7.31. The van der Waals surface area contributed by atoms with Crippen LogP contribution in [0, 0.1) is 6.92 Å². The molecular weight excluding hydrogens is 304 g/mol. The SMILES string of the molecule is CCC(C)NC(=O)c1noc(C)c1COc1cccc(Cl)c1. The number of aromatic nitrogens is 1. The molecule has 0 saturated carbocycles. The molecule has 0 saturated heterocycles. The first-order valence-corrected chi connectivity index (χ1v) is 7.53. The second-order valence-electron chi connectivity index (χ2n) is 5.09. The van der Waals surface area contributed by atoms with E-state index in [0.717, 1.165) is 6.42 Å². The van der Waals surface area contributed by atoms with Crippen LogP contribution in [-0.2, 0) is 6.61 Å². The van der Waals surface area contributed by atoms with E-state index >= 15 is 0 Å². The van der Waals surface area contributed by atoms with E-state index in [1.807, 2.05) is 13.8 Å². The molecule has 1 unspecified atom stereocenters. The smallest absolute Gasteiger partial charge is 0.274 e. The molecule has 1 amide bonds. The predicted octanol–water partition coefficient (Wildman–Crippen LogP) is 3.74. The Morgan fingerprint density at radius 3 is 2.95 bits per heavy atom. The standard InChI is InChI=1S/C16H19ClN2O3/c1-4-10(2)18-16(20)15-14(11(3)22-19-15)9-21-13-7-5-6-12(17)8-13/h5-8,10H,4,9H2,1-3H3,(H,18,20). The summed E-state index contributed by atoms with van der Waals surface area (Å²) in [6.45, 7) is 5.89. The molecule has 1 aromatic heterocycles. The largest absolute Gasteiger partial charge is 0.489 e. The van der Waals surface area contributed by atoms with Crippen LogP contribution in [0.1, 0.15) is 42.1 Å². The first-order valence-electron chi connectivity index (χ1n) is 7.15. The van der Waals surface area contributed by atoms with Crippen LogP contribution in [0.15, 0.2) is 28.8 Å². The van der Waals surface area contributed by atoms with Crippen LogP contribution in [0.2, 0.25) is 5.02 Å². The van der Waals surface area contributed by atoms with Gasteiger partial charge in [-0.3, -0.25) is 4.79 Å². The lowest BCUT2D eigenvalue weighted by molar-refractivity contribution is 0.0928. The molecule has 0 aliphatic rings. The van der Waals surface area contributed by atoms with Crippen LogP contribution in [0.3, 0.4) is 0 Å². The summed E-state index contributed by atoms with van der Waals surface area (Å²) in [5.74, 6) is 0.939. The molecular formula is C16H19ClN2O3. The fourth-order valence-corrected chi connectivity index (χ4v) is 2.03. The molecule has 0 fully saturated rings. The number of hydrogen-bond donors (Lipinski definition) is 1. The lowest BCUT2D eigenvalue weighted by Crippen LogP contribution is -2.32. The van der Waals surface area contributed by atoms with Gasteiger partial charge in [-0.15, -0.1) is 0 Å². The minimum Gasteiger partial charge on any atom is -0.489 e. The lowest BCUT2D eigenvalue weighted by atomic mass is 10.2.